The van der Waals surface area contributed by atoms with Gasteiger partial charge in [0.05, 0.1) is 0 Å². The third-order valence-electron chi connectivity index (χ3n) is 2.82. The van der Waals surface area contributed by atoms with Gasteiger partial charge in [-0.2, -0.15) is 0 Å². The molecule has 3 heteroatoms. The molecule has 0 radical (unpaired) electrons. The van der Waals surface area contributed by atoms with Gasteiger partial charge >= 0.3 is 0 Å². The molecular formula is C12H21N3. The Bertz CT molecular complexity index is 261. The SMILES string of the molecule is CCCC(C)C(Cc1cccnc1)NN. The number of rotatable bonds is 6. The molecule has 0 amide bonds. The molecule has 0 spiro atoms. The fourth-order valence-electron chi connectivity index (χ4n) is 1.85. The van der Waals surface area contributed by atoms with Gasteiger partial charge in [0.1, 0.15) is 0 Å². The molecule has 0 fully saturated rings. The fourth-order valence-corrected chi connectivity index (χ4v) is 1.85. The van der Waals surface area contributed by atoms with Gasteiger partial charge in [0.25, 0.3) is 0 Å². The molecule has 84 valence electrons. The third kappa shape index (κ3) is 3.98. The molecular weight excluding hydrogens is 186 g/mol. The van der Waals surface area contributed by atoms with Crippen molar-refractivity contribution >= 4 is 0 Å². The first-order valence-corrected chi connectivity index (χ1v) is 5.63. The van der Waals surface area contributed by atoms with E-state index in [9.17, 15) is 0 Å². The van der Waals surface area contributed by atoms with Crippen molar-refractivity contribution in [1.29, 1.82) is 0 Å². The van der Waals surface area contributed by atoms with E-state index in [-0.39, 0.29) is 0 Å². The van der Waals surface area contributed by atoms with Crippen LogP contribution in [0.3, 0.4) is 0 Å². The van der Waals surface area contributed by atoms with Crippen LogP contribution in [0.2, 0.25) is 0 Å². The lowest BCUT2D eigenvalue weighted by atomic mass is 9.92. The Labute approximate surface area is 92.1 Å². The maximum atomic E-state index is 5.58. The average molecular weight is 207 g/mol. The summed E-state index contributed by atoms with van der Waals surface area (Å²) in [6, 6.07) is 4.40. The molecule has 1 rings (SSSR count). The normalized spacial score (nSPS) is 14.9. The van der Waals surface area contributed by atoms with Gasteiger partial charge in [-0.15, -0.1) is 0 Å². The zero-order valence-corrected chi connectivity index (χ0v) is 9.61. The summed E-state index contributed by atoms with van der Waals surface area (Å²) in [5.74, 6) is 6.18. The Balaban J connectivity index is 2.53. The first-order chi connectivity index (χ1) is 7.27. The van der Waals surface area contributed by atoms with E-state index < -0.39 is 0 Å². The first-order valence-electron chi connectivity index (χ1n) is 5.63. The first kappa shape index (κ1) is 12.1. The molecule has 0 aliphatic rings. The number of hydrogen-bond acceptors (Lipinski definition) is 3. The molecule has 0 aliphatic carbocycles. The number of hydrazine groups is 1. The highest BCUT2D eigenvalue weighted by Crippen LogP contribution is 2.14. The molecule has 1 aromatic rings. The van der Waals surface area contributed by atoms with Crippen molar-refractivity contribution < 1.29 is 0 Å². The smallest absolute Gasteiger partial charge is 0.0300 e. The van der Waals surface area contributed by atoms with Gasteiger partial charge in [-0.25, -0.2) is 0 Å². The van der Waals surface area contributed by atoms with Gasteiger partial charge in [-0.1, -0.05) is 26.3 Å². The minimum Gasteiger partial charge on any atom is -0.271 e. The van der Waals surface area contributed by atoms with Crippen LogP contribution in [0.25, 0.3) is 0 Å². The van der Waals surface area contributed by atoms with Crippen LogP contribution < -0.4 is 11.3 Å². The van der Waals surface area contributed by atoms with E-state index in [0.717, 1.165) is 6.42 Å². The van der Waals surface area contributed by atoms with E-state index in [1.54, 1.807) is 6.20 Å². The van der Waals surface area contributed by atoms with Gasteiger partial charge in [0.2, 0.25) is 0 Å². The van der Waals surface area contributed by atoms with Crippen molar-refractivity contribution in [3.05, 3.63) is 30.1 Å². The Kier molecular flexibility index (Phi) is 5.29. The zero-order chi connectivity index (χ0) is 11.1. The predicted octanol–water partition coefficient (Wildman–Crippen LogP) is 1.89. The summed E-state index contributed by atoms with van der Waals surface area (Å²) in [6.07, 6.45) is 7.06. The van der Waals surface area contributed by atoms with Crippen LogP contribution >= 0.6 is 0 Å². The maximum absolute atomic E-state index is 5.58. The van der Waals surface area contributed by atoms with Gasteiger partial charge in [0, 0.05) is 18.4 Å². The number of hydrogen-bond donors (Lipinski definition) is 2. The van der Waals surface area contributed by atoms with Gasteiger partial charge in [0.15, 0.2) is 0 Å². The van der Waals surface area contributed by atoms with E-state index in [4.69, 9.17) is 5.84 Å². The fraction of sp³-hybridized carbons (Fsp3) is 0.583. The topological polar surface area (TPSA) is 50.9 Å². The van der Waals surface area contributed by atoms with E-state index in [0.29, 0.717) is 12.0 Å². The molecule has 2 atom stereocenters. The van der Waals surface area contributed by atoms with Crippen molar-refractivity contribution in [3.63, 3.8) is 0 Å². The Hall–Kier alpha value is -0.930. The molecule has 0 saturated carbocycles. The highest BCUT2D eigenvalue weighted by molar-refractivity contribution is 5.10. The molecule has 15 heavy (non-hydrogen) atoms. The van der Waals surface area contributed by atoms with Crippen LogP contribution in [-0.4, -0.2) is 11.0 Å². The van der Waals surface area contributed by atoms with E-state index >= 15 is 0 Å². The average Bonchev–Trinajstić information content (AvgIpc) is 2.27. The van der Waals surface area contributed by atoms with Crippen LogP contribution in [-0.2, 0) is 6.42 Å². The lowest BCUT2D eigenvalue weighted by Crippen LogP contribution is -2.41. The van der Waals surface area contributed by atoms with E-state index in [1.165, 1.54) is 18.4 Å². The number of aromatic nitrogens is 1. The number of nitrogens with zero attached hydrogens (tertiary/aromatic N) is 1. The van der Waals surface area contributed by atoms with Crippen molar-refractivity contribution in [2.75, 3.05) is 0 Å². The van der Waals surface area contributed by atoms with Crippen LogP contribution in [0.1, 0.15) is 32.3 Å². The standard InChI is InChI=1S/C12H21N3/c1-3-5-10(2)12(15-13)8-11-6-4-7-14-9-11/h4,6-7,9-10,12,15H,3,5,8,13H2,1-2H3. The second-order valence-corrected chi connectivity index (χ2v) is 4.10. The van der Waals surface area contributed by atoms with Gasteiger partial charge in [-0.05, 0) is 30.4 Å². The minimum absolute atomic E-state index is 0.342. The molecule has 0 bridgehead atoms. The van der Waals surface area contributed by atoms with Crippen molar-refractivity contribution in [2.24, 2.45) is 11.8 Å². The largest absolute Gasteiger partial charge is 0.271 e. The third-order valence-corrected chi connectivity index (χ3v) is 2.82. The second kappa shape index (κ2) is 6.53. The summed E-state index contributed by atoms with van der Waals surface area (Å²) in [6.45, 7) is 4.44. The Morgan fingerprint density at radius 2 is 2.33 bits per heavy atom. The number of nitrogens with two attached hydrogens (primary N) is 1. The lowest BCUT2D eigenvalue weighted by Gasteiger charge is -2.22. The molecule has 1 heterocycles. The van der Waals surface area contributed by atoms with Crippen molar-refractivity contribution in [3.8, 4) is 0 Å². The summed E-state index contributed by atoms with van der Waals surface area (Å²) < 4.78 is 0. The van der Waals surface area contributed by atoms with E-state index in [2.05, 4.69) is 30.3 Å². The highest BCUT2D eigenvalue weighted by atomic mass is 15.2. The van der Waals surface area contributed by atoms with Gasteiger partial charge < -0.3 is 0 Å². The monoisotopic (exact) mass is 207 g/mol. The predicted molar refractivity (Wildman–Crippen MR) is 63.1 cm³/mol. The highest BCUT2D eigenvalue weighted by Gasteiger charge is 2.15. The number of pyridine rings is 1. The molecule has 3 nitrogen and oxygen atoms in total. The van der Waals surface area contributed by atoms with Crippen LogP contribution in [0, 0.1) is 5.92 Å². The molecule has 0 aromatic carbocycles. The molecule has 2 unspecified atom stereocenters. The summed E-state index contributed by atoms with van der Waals surface area (Å²) in [4.78, 5) is 4.11. The maximum Gasteiger partial charge on any atom is 0.0300 e. The van der Waals surface area contributed by atoms with Crippen molar-refractivity contribution in [1.82, 2.24) is 10.4 Å². The molecule has 3 N–H and O–H groups in total. The molecule has 0 saturated heterocycles. The minimum atomic E-state index is 0.342. The summed E-state index contributed by atoms with van der Waals surface area (Å²) in [5.41, 5.74) is 4.15. The number of nitrogens with one attached hydrogen (secondary N) is 1. The van der Waals surface area contributed by atoms with Gasteiger partial charge in [-0.3, -0.25) is 16.3 Å². The Morgan fingerprint density at radius 1 is 1.53 bits per heavy atom. The second-order valence-electron chi connectivity index (χ2n) is 4.10. The lowest BCUT2D eigenvalue weighted by molar-refractivity contribution is 0.356. The van der Waals surface area contributed by atoms with Crippen molar-refractivity contribution in [2.45, 2.75) is 39.2 Å². The quantitative estimate of drug-likeness (QED) is 0.553. The Morgan fingerprint density at radius 3 is 2.87 bits per heavy atom. The summed E-state index contributed by atoms with van der Waals surface area (Å²) in [5, 5.41) is 0. The van der Waals surface area contributed by atoms with Crippen LogP contribution in [0.5, 0.6) is 0 Å². The van der Waals surface area contributed by atoms with E-state index in [1.807, 2.05) is 12.3 Å². The summed E-state index contributed by atoms with van der Waals surface area (Å²) in [7, 11) is 0. The zero-order valence-electron chi connectivity index (χ0n) is 9.61. The van der Waals surface area contributed by atoms with Crippen LogP contribution in [0.15, 0.2) is 24.5 Å². The summed E-state index contributed by atoms with van der Waals surface area (Å²) >= 11 is 0. The van der Waals surface area contributed by atoms with Crippen LogP contribution in [0.4, 0.5) is 0 Å². The molecule has 0 aliphatic heterocycles. The molecule has 1 aromatic heterocycles.